The third-order valence-corrected chi connectivity index (χ3v) is 6.30. The number of nitrogens with zero attached hydrogens (tertiary/aromatic N) is 5. The molecule has 1 aliphatic heterocycles. The van der Waals surface area contributed by atoms with Gasteiger partial charge in [-0.25, -0.2) is 5.01 Å². The molecule has 33 heavy (non-hydrogen) atoms. The maximum absolute atomic E-state index is 13.4. The van der Waals surface area contributed by atoms with Crippen LogP contribution in [0.2, 0.25) is 5.02 Å². The molecule has 1 amide bonds. The standard InChI is InChI=1S/C23H18ClN5O3S/c1-14(33-23-27-26-21(32-23)16-4-2-10-25-13-16)22(30)29-19(20-5-3-11-31-20)12-18(28-29)15-6-8-17(24)9-7-15/h2-11,13-14,19H,12H2,1H3/t14-,19+/m0/s1. The molecule has 5 rings (SSSR count). The molecule has 0 aliphatic carbocycles. The molecule has 166 valence electrons. The summed E-state index contributed by atoms with van der Waals surface area (Å²) in [5.41, 5.74) is 2.41. The lowest BCUT2D eigenvalue weighted by atomic mass is 10.0. The molecule has 0 bridgehead atoms. The number of hydrazone groups is 1. The summed E-state index contributed by atoms with van der Waals surface area (Å²) in [7, 11) is 0. The van der Waals surface area contributed by atoms with Crippen molar-refractivity contribution in [3.63, 3.8) is 0 Å². The van der Waals surface area contributed by atoms with Crippen LogP contribution in [-0.2, 0) is 4.79 Å². The van der Waals surface area contributed by atoms with E-state index in [9.17, 15) is 4.79 Å². The summed E-state index contributed by atoms with van der Waals surface area (Å²) in [6, 6.07) is 14.3. The third-order valence-electron chi connectivity index (χ3n) is 5.13. The summed E-state index contributed by atoms with van der Waals surface area (Å²) in [6.07, 6.45) is 5.43. The average molecular weight is 480 g/mol. The van der Waals surface area contributed by atoms with Crippen LogP contribution in [-0.4, -0.2) is 37.1 Å². The second kappa shape index (κ2) is 9.21. The molecule has 0 spiro atoms. The average Bonchev–Trinajstić information content (AvgIpc) is 3.60. The van der Waals surface area contributed by atoms with Gasteiger partial charge < -0.3 is 8.83 Å². The molecule has 10 heteroatoms. The molecule has 0 unspecified atom stereocenters. The fourth-order valence-corrected chi connectivity index (χ4v) is 4.34. The Balaban J connectivity index is 1.36. The van der Waals surface area contributed by atoms with Gasteiger partial charge in [-0.05, 0) is 48.9 Å². The van der Waals surface area contributed by atoms with Gasteiger partial charge in [0.1, 0.15) is 11.8 Å². The van der Waals surface area contributed by atoms with E-state index in [0.717, 1.165) is 11.3 Å². The molecule has 0 radical (unpaired) electrons. The van der Waals surface area contributed by atoms with Crippen LogP contribution >= 0.6 is 23.4 Å². The minimum absolute atomic E-state index is 0.188. The van der Waals surface area contributed by atoms with Crippen LogP contribution < -0.4 is 0 Å². The first-order valence-electron chi connectivity index (χ1n) is 10.2. The predicted octanol–water partition coefficient (Wildman–Crippen LogP) is 5.24. The zero-order chi connectivity index (χ0) is 22.8. The van der Waals surface area contributed by atoms with Gasteiger partial charge >= 0.3 is 0 Å². The first kappa shape index (κ1) is 21.4. The number of amides is 1. The molecule has 0 saturated carbocycles. The zero-order valence-electron chi connectivity index (χ0n) is 17.5. The van der Waals surface area contributed by atoms with Gasteiger partial charge in [0.25, 0.3) is 11.1 Å². The van der Waals surface area contributed by atoms with E-state index in [1.54, 1.807) is 49.8 Å². The van der Waals surface area contributed by atoms with Gasteiger partial charge in [-0.15, -0.1) is 10.2 Å². The molecule has 8 nitrogen and oxygen atoms in total. The van der Waals surface area contributed by atoms with Crippen LogP contribution in [0.3, 0.4) is 0 Å². The van der Waals surface area contributed by atoms with Gasteiger partial charge in [-0.2, -0.15) is 5.10 Å². The Labute approximate surface area is 198 Å². The highest BCUT2D eigenvalue weighted by atomic mass is 35.5. The van der Waals surface area contributed by atoms with Crippen molar-refractivity contribution in [3.8, 4) is 11.5 Å². The van der Waals surface area contributed by atoms with E-state index in [0.29, 0.717) is 33.9 Å². The van der Waals surface area contributed by atoms with Crippen molar-refractivity contribution in [1.29, 1.82) is 0 Å². The lowest BCUT2D eigenvalue weighted by Gasteiger charge is -2.22. The van der Waals surface area contributed by atoms with E-state index in [1.807, 2.05) is 24.3 Å². The zero-order valence-corrected chi connectivity index (χ0v) is 19.0. The number of benzene rings is 1. The summed E-state index contributed by atoms with van der Waals surface area (Å²) in [6.45, 7) is 1.79. The quantitative estimate of drug-likeness (QED) is 0.349. The summed E-state index contributed by atoms with van der Waals surface area (Å²) < 4.78 is 11.3. The highest BCUT2D eigenvalue weighted by Crippen LogP contribution is 2.36. The topological polar surface area (TPSA) is 97.6 Å². The molecule has 4 aromatic rings. The fourth-order valence-electron chi connectivity index (χ4n) is 3.48. The molecular weight excluding hydrogens is 462 g/mol. The van der Waals surface area contributed by atoms with Crippen molar-refractivity contribution in [3.05, 3.63) is 83.5 Å². The second-order valence-electron chi connectivity index (χ2n) is 7.35. The first-order valence-corrected chi connectivity index (χ1v) is 11.4. The number of halogens is 1. The minimum Gasteiger partial charge on any atom is -0.467 e. The molecule has 0 saturated heterocycles. The summed E-state index contributed by atoms with van der Waals surface area (Å²) in [5.74, 6) is 0.833. The molecule has 1 aliphatic rings. The van der Waals surface area contributed by atoms with Crippen molar-refractivity contribution in [2.24, 2.45) is 5.10 Å². The Morgan fingerprint density at radius 2 is 2.00 bits per heavy atom. The molecule has 2 atom stereocenters. The lowest BCUT2D eigenvalue weighted by molar-refractivity contribution is -0.132. The number of carbonyl (C=O) groups excluding carboxylic acids is 1. The summed E-state index contributed by atoms with van der Waals surface area (Å²) in [4.78, 5) is 17.5. The van der Waals surface area contributed by atoms with Crippen LogP contribution in [0.1, 0.15) is 30.7 Å². The maximum Gasteiger partial charge on any atom is 0.277 e. The molecule has 3 aromatic heterocycles. The number of thioether (sulfide) groups is 1. The fraction of sp³-hybridized carbons (Fsp3) is 0.174. The second-order valence-corrected chi connectivity index (χ2v) is 9.08. The monoisotopic (exact) mass is 479 g/mol. The number of furan rings is 1. The normalized spacial score (nSPS) is 16.6. The Bertz CT molecular complexity index is 1280. The van der Waals surface area contributed by atoms with Crippen LogP contribution in [0, 0.1) is 0 Å². The van der Waals surface area contributed by atoms with Gasteiger partial charge in [0, 0.05) is 23.8 Å². The number of hydrogen-bond acceptors (Lipinski definition) is 8. The van der Waals surface area contributed by atoms with Gasteiger partial charge in [0.2, 0.25) is 5.89 Å². The Morgan fingerprint density at radius 1 is 1.15 bits per heavy atom. The lowest BCUT2D eigenvalue weighted by Crippen LogP contribution is -2.33. The van der Waals surface area contributed by atoms with Crippen molar-refractivity contribution >= 4 is 35.0 Å². The van der Waals surface area contributed by atoms with Gasteiger partial charge in [-0.1, -0.05) is 35.5 Å². The van der Waals surface area contributed by atoms with E-state index in [2.05, 4.69) is 20.3 Å². The minimum atomic E-state index is -0.516. The third kappa shape index (κ3) is 4.55. The van der Waals surface area contributed by atoms with Crippen molar-refractivity contribution < 1.29 is 13.6 Å². The Kier molecular flexibility index (Phi) is 5.97. The smallest absolute Gasteiger partial charge is 0.277 e. The van der Waals surface area contributed by atoms with Crippen LogP contribution in [0.5, 0.6) is 0 Å². The van der Waals surface area contributed by atoms with E-state index in [-0.39, 0.29) is 11.9 Å². The number of rotatable bonds is 6. The maximum atomic E-state index is 13.4. The molecule has 0 fully saturated rings. The van der Waals surface area contributed by atoms with Crippen LogP contribution in [0.15, 0.2) is 86.3 Å². The van der Waals surface area contributed by atoms with Gasteiger partial charge in [0.15, 0.2) is 0 Å². The molecule has 0 N–H and O–H groups in total. The largest absolute Gasteiger partial charge is 0.467 e. The molecule has 1 aromatic carbocycles. The molecule has 4 heterocycles. The highest BCUT2D eigenvalue weighted by molar-refractivity contribution is 8.00. The predicted molar refractivity (Wildman–Crippen MR) is 124 cm³/mol. The van der Waals surface area contributed by atoms with Crippen molar-refractivity contribution in [2.45, 2.75) is 29.9 Å². The number of hydrogen-bond donors (Lipinski definition) is 0. The Hall–Kier alpha value is -3.43. The summed E-state index contributed by atoms with van der Waals surface area (Å²) in [5, 5.41) is 14.7. The first-order chi connectivity index (χ1) is 16.1. The van der Waals surface area contributed by atoms with Crippen LogP contribution in [0.4, 0.5) is 0 Å². The highest BCUT2D eigenvalue weighted by Gasteiger charge is 2.37. The SMILES string of the molecule is C[C@H](Sc1nnc(-c2cccnc2)o1)C(=O)N1N=C(c2ccc(Cl)cc2)C[C@@H]1c1ccco1. The van der Waals surface area contributed by atoms with Crippen molar-refractivity contribution in [1.82, 2.24) is 20.2 Å². The number of carbonyl (C=O) groups is 1. The van der Waals surface area contributed by atoms with E-state index >= 15 is 0 Å². The van der Waals surface area contributed by atoms with Gasteiger partial charge in [-0.3, -0.25) is 9.78 Å². The number of pyridine rings is 1. The molecular formula is C23H18ClN5O3S. The van der Waals surface area contributed by atoms with Crippen LogP contribution in [0.25, 0.3) is 11.5 Å². The summed E-state index contributed by atoms with van der Waals surface area (Å²) >= 11 is 7.20. The Morgan fingerprint density at radius 3 is 2.73 bits per heavy atom. The van der Waals surface area contributed by atoms with E-state index in [4.69, 9.17) is 20.4 Å². The number of aromatic nitrogens is 3. The van der Waals surface area contributed by atoms with Crippen molar-refractivity contribution in [2.75, 3.05) is 0 Å². The van der Waals surface area contributed by atoms with Gasteiger partial charge in [0.05, 0.1) is 22.8 Å². The van der Waals surface area contributed by atoms with E-state index < -0.39 is 5.25 Å². The van der Waals surface area contributed by atoms with E-state index in [1.165, 1.54) is 16.8 Å².